The Bertz CT molecular complexity index is 1510. The smallest absolute Gasteiger partial charge is 0.502 e. The molecule has 3 nitrogen and oxygen atoms in total. The lowest BCUT2D eigenvalue weighted by atomic mass is 9.92. The summed E-state index contributed by atoms with van der Waals surface area (Å²) in [5.41, 5.74) is 11.5. The lowest BCUT2D eigenvalue weighted by Gasteiger charge is -2.54. The minimum absolute atomic E-state index is 0.0505. The zero-order chi connectivity index (χ0) is 31.2. The van der Waals surface area contributed by atoms with Crippen molar-refractivity contribution >= 4 is 20.0 Å². The fourth-order valence-corrected chi connectivity index (χ4v) is 12.0. The largest absolute Gasteiger partial charge is 0.513 e. The van der Waals surface area contributed by atoms with E-state index in [9.17, 15) is 0 Å². The number of benzene rings is 3. The van der Waals surface area contributed by atoms with Gasteiger partial charge in [-0.25, -0.2) is 0 Å². The molecule has 2 aliphatic heterocycles. The first kappa shape index (κ1) is 30.9. The molecule has 0 radical (unpaired) electrons. The average molecular weight is 591 g/mol. The van der Waals surface area contributed by atoms with Crippen molar-refractivity contribution in [3.63, 3.8) is 0 Å². The molecule has 0 saturated carbocycles. The van der Waals surface area contributed by atoms with Gasteiger partial charge in [0.1, 0.15) is 0 Å². The van der Waals surface area contributed by atoms with Gasteiger partial charge in [-0.15, -0.1) is 0 Å². The Morgan fingerprint density at radius 2 is 1.07 bits per heavy atom. The number of hydrogen-bond donors (Lipinski definition) is 0. The van der Waals surface area contributed by atoms with Crippen LogP contribution >= 0.6 is 0 Å². The summed E-state index contributed by atoms with van der Waals surface area (Å²) in [6.07, 6.45) is 4.67. The summed E-state index contributed by atoms with van der Waals surface area (Å²) in [6.45, 7) is 27.7. The van der Waals surface area contributed by atoms with E-state index in [-0.39, 0.29) is 5.54 Å². The summed E-state index contributed by atoms with van der Waals surface area (Å²) in [4.78, 5) is 0. The van der Waals surface area contributed by atoms with Crippen molar-refractivity contribution in [2.24, 2.45) is 0 Å². The molecule has 2 heterocycles. The Hall–Kier alpha value is -3.50. The molecule has 0 N–H and O–H groups in total. The van der Waals surface area contributed by atoms with Gasteiger partial charge in [0.25, 0.3) is 0 Å². The van der Waals surface area contributed by atoms with Crippen LogP contribution in [0.25, 0.3) is 0 Å². The van der Waals surface area contributed by atoms with Crippen LogP contribution in [0, 0.1) is 0 Å². The Morgan fingerprint density at radius 3 is 1.51 bits per heavy atom. The molecular formula is C39H50N2OSi. The van der Waals surface area contributed by atoms with E-state index >= 15 is 0 Å². The van der Waals surface area contributed by atoms with Crippen molar-refractivity contribution in [2.75, 3.05) is 9.13 Å². The highest BCUT2D eigenvalue weighted by Crippen LogP contribution is 2.54. The van der Waals surface area contributed by atoms with E-state index in [2.05, 4.69) is 157 Å². The average Bonchev–Trinajstić information content (AvgIpc) is 3.29. The molecular weight excluding hydrogens is 541 g/mol. The summed E-state index contributed by atoms with van der Waals surface area (Å²) < 4.78 is 12.8. The molecule has 0 aromatic heterocycles. The highest BCUT2D eigenvalue weighted by molar-refractivity contribution is 6.85. The Kier molecular flexibility index (Phi) is 8.55. The van der Waals surface area contributed by atoms with Gasteiger partial charge in [0.2, 0.25) is 0 Å². The number of anilines is 2. The van der Waals surface area contributed by atoms with E-state index in [1.807, 2.05) is 0 Å². The predicted octanol–water partition coefficient (Wildman–Crippen LogP) is 11.1. The summed E-state index contributed by atoms with van der Waals surface area (Å²) in [7, 11) is -3.22. The van der Waals surface area contributed by atoms with Crippen molar-refractivity contribution < 1.29 is 4.43 Å². The summed E-state index contributed by atoms with van der Waals surface area (Å²) in [5, 5.41) is 0. The number of allylic oxidation sites excluding steroid dienone is 4. The van der Waals surface area contributed by atoms with E-state index in [0.717, 1.165) is 11.5 Å². The van der Waals surface area contributed by atoms with Crippen LogP contribution < -0.4 is 9.13 Å². The highest BCUT2D eigenvalue weighted by atomic mass is 28.4. The maximum Gasteiger partial charge on any atom is 0.502 e. The number of para-hydroxylation sites is 2. The molecule has 4 heteroatoms. The van der Waals surface area contributed by atoms with Crippen LogP contribution in [-0.2, 0) is 4.43 Å². The molecule has 0 bridgehead atoms. The molecule has 43 heavy (non-hydrogen) atoms. The molecule has 0 aliphatic carbocycles. The zero-order valence-corrected chi connectivity index (χ0v) is 28.9. The van der Waals surface area contributed by atoms with Crippen molar-refractivity contribution in [2.45, 2.75) is 98.5 Å². The highest BCUT2D eigenvalue weighted by Gasteiger charge is 2.64. The molecule has 0 saturated heterocycles. The van der Waals surface area contributed by atoms with Crippen molar-refractivity contribution in [3.05, 3.63) is 130 Å². The van der Waals surface area contributed by atoms with Crippen molar-refractivity contribution in [3.8, 4) is 0 Å². The van der Waals surface area contributed by atoms with Gasteiger partial charge in [0.05, 0.1) is 11.3 Å². The molecule has 2 aliphatic rings. The van der Waals surface area contributed by atoms with E-state index in [1.165, 1.54) is 44.9 Å². The fraction of sp³-hybridized carbons (Fsp3) is 0.385. The molecule has 2 atom stereocenters. The number of nitrogens with zero attached hydrogens (tertiary/aromatic N) is 2. The Balaban J connectivity index is 1.97. The first-order valence-electron chi connectivity index (χ1n) is 16.1. The van der Waals surface area contributed by atoms with Gasteiger partial charge >= 0.3 is 8.64 Å². The van der Waals surface area contributed by atoms with Crippen LogP contribution in [-0.4, -0.2) is 8.64 Å². The first-order chi connectivity index (χ1) is 20.4. The van der Waals surface area contributed by atoms with E-state index in [0.29, 0.717) is 23.7 Å². The van der Waals surface area contributed by atoms with Crippen LogP contribution in [0.5, 0.6) is 0 Å². The van der Waals surface area contributed by atoms with Crippen molar-refractivity contribution in [1.82, 2.24) is 0 Å². The van der Waals surface area contributed by atoms with E-state index in [4.69, 9.17) is 11.0 Å². The summed E-state index contributed by atoms with van der Waals surface area (Å²) >= 11 is 0. The van der Waals surface area contributed by atoms with Crippen molar-refractivity contribution in [1.29, 1.82) is 0 Å². The van der Waals surface area contributed by atoms with Gasteiger partial charge < -0.3 is 13.6 Å². The van der Waals surface area contributed by atoms with E-state index in [1.54, 1.807) is 0 Å². The Morgan fingerprint density at radius 1 is 0.628 bits per heavy atom. The molecule has 226 valence electrons. The minimum atomic E-state index is -3.22. The second kappa shape index (κ2) is 11.9. The second-order valence-electron chi connectivity index (χ2n) is 13.6. The third kappa shape index (κ3) is 5.18. The Labute approximate surface area is 261 Å². The van der Waals surface area contributed by atoms with Gasteiger partial charge in [-0.2, -0.15) is 0 Å². The standard InChI is InChI=1S/C39H50N2OSi/c1-25(2)33-19-15-20-34(26(3)4)38(33)40-29(9)23-30(10)41(39-35(27(5)6)21-16-22-36(39)28(7)8)43(40)37(24-31(11)42-43)32-17-13-12-14-18-32/h12-28,37H,9H2,1-8,10-11H3. The molecule has 0 amide bonds. The van der Waals surface area contributed by atoms with Crippen LogP contribution in [0.4, 0.5) is 11.4 Å². The van der Waals surface area contributed by atoms with Crippen LogP contribution in [0.1, 0.15) is 126 Å². The topological polar surface area (TPSA) is 15.7 Å². The summed E-state index contributed by atoms with van der Waals surface area (Å²) in [6, 6.07) is 24.7. The monoisotopic (exact) mass is 590 g/mol. The number of rotatable bonds is 7. The number of hydrogen-bond acceptors (Lipinski definition) is 3. The normalized spacial score (nSPS) is 20.5. The predicted molar refractivity (Wildman–Crippen MR) is 187 cm³/mol. The molecule has 3 aromatic rings. The molecule has 0 fully saturated rings. The maximum atomic E-state index is 7.52. The summed E-state index contributed by atoms with van der Waals surface area (Å²) in [5.74, 6) is 2.37. The van der Waals surface area contributed by atoms with Gasteiger partial charge in [-0.1, -0.05) is 129 Å². The van der Waals surface area contributed by atoms with Gasteiger partial charge in [-0.3, -0.25) is 0 Å². The minimum Gasteiger partial charge on any atom is -0.513 e. The second-order valence-corrected chi connectivity index (χ2v) is 16.6. The maximum absolute atomic E-state index is 7.52. The van der Waals surface area contributed by atoms with Gasteiger partial charge in [0, 0.05) is 22.8 Å². The van der Waals surface area contributed by atoms with E-state index < -0.39 is 8.64 Å². The van der Waals surface area contributed by atoms with Gasteiger partial charge in [-0.05, 0) is 77.5 Å². The third-order valence-corrected chi connectivity index (χ3v) is 13.4. The first-order valence-corrected chi connectivity index (χ1v) is 17.9. The van der Waals surface area contributed by atoms with Crippen LogP contribution in [0.2, 0.25) is 0 Å². The van der Waals surface area contributed by atoms with Gasteiger partial charge in [0.15, 0.2) is 0 Å². The van der Waals surface area contributed by atoms with Crippen LogP contribution in [0.15, 0.2) is 103 Å². The SMILES string of the molecule is C=C1C=C(C)N(c2c(C(C)C)cccc2C(C)C)[Si]2(OC(C)=CC2c2ccccc2)N1c1c(C(C)C)cccc1C(C)C. The molecule has 3 aromatic carbocycles. The lowest BCUT2D eigenvalue weighted by molar-refractivity contribution is 0.417. The fourth-order valence-electron chi connectivity index (χ4n) is 7.13. The molecule has 2 unspecified atom stereocenters. The molecule has 1 spiro atoms. The lowest BCUT2D eigenvalue weighted by Crippen LogP contribution is -2.71. The molecule has 5 rings (SSSR count). The quantitative estimate of drug-likeness (QED) is 0.255. The third-order valence-electron chi connectivity index (χ3n) is 9.06. The zero-order valence-electron chi connectivity index (χ0n) is 27.9. The van der Waals surface area contributed by atoms with Crippen LogP contribution in [0.3, 0.4) is 0 Å².